The molecule has 0 heterocycles. The van der Waals surface area contributed by atoms with Gasteiger partial charge in [0.2, 0.25) is 0 Å². The number of nitrogens with one attached hydrogen (secondary N) is 2. The van der Waals surface area contributed by atoms with E-state index in [1.165, 1.54) is 5.56 Å². The van der Waals surface area contributed by atoms with Gasteiger partial charge in [0.05, 0.1) is 7.11 Å². The number of anilines is 1. The number of carbonyl (C=O) groups excluding carboxylic acids is 1. The lowest BCUT2D eigenvalue weighted by Gasteiger charge is -2.20. The molecule has 0 saturated heterocycles. The standard InChI is InChI=1S/C27H30N2O2.C2H6/c1-19(20-11-13-21(14-12-20)27(2,3)4)28-25-10-8-6-7-9-24(25)26(30)29-22-15-17-23(31-5)18-16-22;1-2/h6-8,10-18,28H,1,9H2,2-5H3,(H,29,30);1-2H3. The van der Waals surface area contributed by atoms with Gasteiger partial charge in [-0.1, -0.05) is 83.7 Å². The Balaban J connectivity index is 0.00000187. The monoisotopic (exact) mass is 444 g/mol. The largest absolute Gasteiger partial charge is 0.497 e. The van der Waals surface area contributed by atoms with E-state index in [4.69, 9.17) is 4.74 Å². The Labute approximate surface area is 198 Å². The molecule has 0 aliphatic heterocycles. The third-order valence-corrected chi connectivity index (χ3v) is 5.16. The summed E-state index contributed by atoms with van der Waals surface area (Å²) in [6.45, 7) is 14.8. The van der Waals surface area contributed by atoms with Gasteiger partial charge >= 0.3 is 0 Å². The third-order valence-electron chi connectivity index (χ3n) is 5.16. The molecule has 0 fully saturated rings. The van der Waals surface area contributed by atoms with E-state index in [2.05, 4.69) is 62.2 Å². The summed E-state index contributed by atoms with van der Waals surface area (Å²) in [6.07, 6.45) is 8.26. The summed E-state index contributed by atoms with van der Waals surface area (Å²) < 4.78 is 5.18. The first kappa shape index (κ1) is 25.7. The lowest BCUT2D eigenvalue weighted by Crippen LogP contribution is -2.20. The van der Waals surface area contributed by atoms with Crippen molar-refractivity contribution < 1.29 is 9.53 Å². The minimum atomic E-state index is -0.153. The van der Waals surface area contributed by atoms with Crippen LogP contribution < -0.4 is 15.4 Å². The molecule has 0 saturated carbocycles. The molecule has 0 atom stereocenters. The van der Waals surface area contributed by atoms with E-state index in [9.17, 15) is 4.79 Å². The fourth-order valence-electron chi connectivity index (χ4n) is 3.25. The van der Waals surface area contributed by atoms with Crippen LogP contribution in [0.15, 0.2) is 90.7 Å². The predicted octanol–water partition coefficient (Wildman–Crippen LogP) is 6.99. The zero-order valence-electron chi connectivity index (χ0n) is 20.7. The van der Waals surface area contributed by atoms with Crippen molar-refractivity contribution in [2.75, 3.05) is 12.4 Å². The summed E-state index contributed by atoms with van der Waals surface area (Å²) >= 11 is 0. The van der Waals surface area contributed by atoms with Crippen LogP contribution in [-0.4, -0.2) is 13.0 Å². The molecule has 1 aliphatic rings. The zero-order valence-corrected chi connectivity index (χ0v) is 20.7. The van der Waals surface area contributed by atoms with Crippen molar-refractivity contribution in [1.82, 2.24) is 5.32 Å². The number of carbonyl (C=O) groups is 1. The Morgan fingerprint density at radius 2 is 1.58 bits per heavy atom. The molecule has 2 N–H and O–H groups in total. The lowest BCUT2D eigenvalue weighted by atomic mass is 9.86. The van der Waals surface area contributed by atoms with Gasteiger partial charge < -0.3 is 15.4 Å². The van der Waals surface area contributed by atoms with Gasteiger partial charge in [0.25, 0.3) is 5.91 Å². The first-order chi connectivity index (χ1) is 15.8. The van der Waals surface area contributed by atoms with Crippen molar-refractivity contribution in [3.8, 4) is 5.75 Å². The van der Waals surface area contributed by atoms with Crippen LogP contribution in [0.4, 0.5) is 5.69 Å². The maximum atomic E-state index is 13.0. The Bertz CT molecular complexity index is 1030. The average Bonchev–Trinajstić information content (AvgIpc) is 3.06. The van der Waals surface area contributed by atoms with Crippen LogP contribution in [0.3, 0.4) is 0 Å². The molecule has 4 nitrogen and oxygen atoms in total. The molecule has 2 aromatic rings. The predicted molar refractivity (Wildman–Crippen MR) is 140 cm³/mol. The number of benzene rings is 2. The second-order valence-corrected chi connectivity index (χ2v) is 8.50. The molecule has 0 unspecified atom stereocenters. The summed E-state index contributed by atoms with van der Waals surface area (Å²) in [7, 11) is 1.62. The summed E-state index contributed by atoms with van der Waals surface area (Å²) in [4.78, 5) is 13.0. The van der Waals surface area contributed by atoms with Gasteiger partial charge in [-0.2, -0.15) is 0 Å². The highest BCUT2D eigenvalue weighted by atomic mass is 16.5. The fourth-order valence-corrected chi connectivity index (χ4v) is 3.25. The summed E-state index contributed by atoms with van der Waals surface area (Å²) in [5.41, 5.74) is 5.19. The maximum absolute atomic E-state index is 13.0. The smallest absolute Gasteiger partial charge is 0.253 e. The lowest BCUT2D eigenvalue weighted by molar-refractivity contribution is -0.113. The van der Waals surface area contributed by atoms with E-state index in [1.54, 1.807) is 7.11 Å². The molecule has 0 spiro atoms. The van der Waals surface area contributed by atoms with Crippen LogP contribution in [0.5, 0.6) is 5.75 Å². The third kappa shape index (κ3) is 7.25. The summed E-state index contributed by atoms with van der Waals surface area (Å²) in [5, 5.41) is 6.31. The molecule has 1 amide bonds. The Kier molecular flexibility index (Phi) is 9.29. The molecular formula is C29H36N2O2. The van der Waals surface area contributed by atoms with Gasteiger partial charge in [-0.3, -0.25) is 4.79 Å². The van der Waals surface area contributed by atoms with Crippen molar-refractivity contribution in [3.63, 3.8) is 0 Å². The van der Waals surface area contributed by atoms with Gasteiger partial charge in [-0.05, 0) is 53.3 Å². The number of methoxy groups -OCH3 is 1. The fraction of sp³-hybridized carbons (Fsp3) is 0.276. The van der Waals surface area contributed by atoms with E-state index in [1.807, 2.05) is 62.4 Å². The Morgan fingerprint density at radius 3 is 2.15 bits per heavy atom. The van der Waals surface area contributed by atoms with E-state index < -0.39 is 0 Å². The summed E-state index contributed by atoms with van der Waals surface area (Å²) in [5.74, 6) is 0.591. The van der Waals surface area contributed by atoms with E-state index in [0.29, 0.717) is 17.7 Å². The van der Waals surface area contributed by atoms with Crippen molar-refractivity contribution >= 4 is 17.3 Å². The van der Waals surface area contributed by atoms with Crippen LogP contribution in [0.2, 0.25) is 0 Å². The van der Waals surface area contributed by atoms with Gasteiger partial charge in [0.1, 0.15) is 5.75 Å². The molecule has 3 rings (SSSR count). The zero-order chi connectivity index (χ0) is 24.4. The molecule has 1 aliphatic carbocycles. The number of hydrogen-bond donors (Lipinski definition) is 2. The molecule has 4 heteroatoms. The van der Waals surface area contributed by atoms with Crippen LogP contribution >= 0.6 is 0 Å². The van der Waals surface area contributed by atoms with Crippen molar-refractivity contribution in [3.05, 3.63) is 102 Å². The van der Waals surface area contributed by atoms with E-state index in [0.717, 1.165) is 22.7 Å². The Morgan fingerprint density at radius 1 is 0.939 bits per heavy atom. The highest BCUT2D eigenvalue weighted by Gasteiger charge is 2.17. The van der Waals surface area contributed by atoms with Crippen LogP contribution in [0.25, 0.3) is 5.70 Å². The quantitative estimate of drug-likeness (QED) is 0.505. The number of hydrogen-bond acceptors (Lipinski definition) is 3. The molecule has 0 radical (unpaired) electrons. The molecular weight excluding hydrogens is 408 g/mol. The number of ether oxygens (including phenoxy) is 1. The number of allylic oxidation sites excluding steroid dienone is 4. The average molecular weight is 445 g/mol. The van der Waals surface area contributed by atoms with Gasteiger partial charge in [-0.25, -0.2) is 0 Å². The maximum Gasteiger partial charge on any atom is 0.253 e. The minimum Gasteiger partial charge on any atom is -0.497 e. The normalized spacial score (nSPS) is 12.9. The van der Waals surface area contributed by atoms with Gasteiger partial charge in [-0.15, -0.1) is 0 Å². The second kappa shape index (κ2) is 11.9. The SMILES string of the molecule is C=C(NC1=C(C(=O)Nc2ccc(OC)cc2)CC=CC=C1)c1ccc(C(C)(C)C)cc1.CC. The van der Waals surface area contributed by atoms with Crippen LogP contribution in [0.1, 0.15) is 52.2 Å². The first-order valence-corrected chi connectivity index (χ1v) is 11.4. The highest BCUT2D eigenvalue weighted by molar-refractivity contribution is 6.05. The van der Waals surface area contributed by atoms with Gasteiger partial charge in [0.15, 0.2) is 0 Å². The van der Waals surface area contributed by atoms with E-state index >= 15 is 0 Å². The van der Waals surface area contributed by atoms with Crippen LogP contribution in [-0.2, 0) is 10.2 Å². The van der Waals surface area contributed by atoms with Crippen molar-refractivity contribution in [1.29, 1.82) is 0 Å². The van der Waals surface area contributed by atoms with Crippen LogP contribution in [0, 0.1) is 0 Å². The van der Waals surface area contributed by atoms with Gasteiger partial charge in [0, 0.05) is 22.7 Å². The van der Waals surface area contributed by atoms with Crippen molar-refractivity contribution in [2.45, 2.75) is 46.5 Å². The van der Waals surface area contributed by atoms with Crippen molar-refractivity contribution in [2.24, 2.45) is 0 Å². The Hall–Kier alpha value is -3.53. The molecule has 0 aromatic heterocycles. The highest BCUT2D eigenvalue weighted by Crippen LogP contribution is 2.25. The topological polar surface area (TPSA) is 50.4 Å². The number of rotatable bonds is 6. The molecule has 0 bridgehead atoms. The number of amides is 1. The minimum absolute atomic E-state index is 0.0955. The molecule has 2 aromatic carbocycles. The molecule has 174 valence electrons. The van der Waals surface area contributed by atoms with E-state index in [-0.39, 0.29) is 11.3 Å². The summed E-state index contributed by atoms with van der Waals surface area (Å²) in [6, 6.07) is 15.7. The second-order valence-electron chi connectivity index (χ2n) is 8.50. The first-order valence-electron chi connectivity index (χ1n) is 11.4. The molecule has 33 heavy (non-hydrogen) atoms.